The van der Waals surface area contributed by atoms with Gasteiger partial charge in [-0.25, -0.2) is 24.5 Å². The molecule has 4 aromatic heterocycles. The third kappa shape index (κ3) is 4.57. The van der Waals surface area contributed by atoms with Crippen LogP contribution in [0.5, 0.6) is 0 Å². The number of nitrogens with two attached hydrogens (primary N) is 2. The highest BCUT2D eigenvalue weighted by molar-refractivity contribution is 7.47. The van der Waals surface area contributed by atoms with Crippen LogP contribution in [0.3, 0.4) is 0 Å². The fraction of sp³-hybridized carbons (Fsp3) is 0.545. The summed E-state index contributed by atoms with van der Waals surface area (Å²) in [5.41, 5.74) is 12.3. The molecule has 0 radical (unpaired) electrons. The smallest absolute Gasteiger partial charge is 0.382 e. The maximum atomic E-state index is 13.1. The summed E-state index contributed by atoms with van der Waals surface area (Å²) < 4.78 is 45.8. The van der Waals surface area contributed by atoms with Crippen LogP contribution in [0.25, 0.3) is 22.3 Å². The first kappa shape index (κ1) is 26.4. The van der Waals surface area contributed by atoms with Crippen LogP contribution in [0.1, 0.15) is 32.2 Å². The van der Waals surface area contributed by atoms with Gasteiger partial charge in [0, 0.05) is 12.3 Å². The molecule has 0 aromatic carbocycles. The van der Waals surface area contributed by atoms with E-state index in [0.29, 0.717) is 24.2 Å². The number of aromatic nitrogens is 8. The molecule has 6 N–H and O–H groups in total. The molecule has 2 bridgehead atoms. The van der Waals surface area contributed by atoms with Crippen molar-refractivity contribution in [3.8, 4) is 0 Å². The van der Waals surface area contributed by atoms with Gasteiger partial charge >= 0.3 is 7.82 Å². The Morgan fingerprint density at radius 3 is 2.66 bits per heavy atom. The molecule has 0 aliphatic carbocycles. The third-order valence-electron chi connectivity index (χ3n) is 7.76. The second-order valence-corrected chi connectivity index (χ2v) is 11.6. The number of anilines is 2. The highest BCUT2D eigenvalue weighted by Gasteiger charge is 2.47. The Hall–Kier alpha value is -3.51. The second-order valence-electron chi connectivity index (χ2n) is 10.2. The number of aromatic amines is 1. The SMILES string of the molecule is C[C@H]1[C@@H]2CCOC3C[C@@H](OP(=O)(O)OC[C@H]2O[C@H]1n1cnc2c(N)ncnc21)[C@H](n1cnc2c(=O)[nH]c(N)nc21)O3. The van der Waals surface area contributed by atoms with Crippen molar-refractivity contribution in [3.05, 3.63) is 29.3 Å². The van der Waals surface area contributed by atoms with Gasteiger partial charge in [0.15, 0.2) is 35.1 Å². The zero-order chi connectivity index (χ0) is 28.5. The number of fused-ring (bicyclic) bond motifs is 5. The molecular formula is C22H27N10O8P. The predicted molar refractivity (Wildman–Crippen MR) is 139 cm³/mol. The number of nitrogens with one attached hydrogen (secondary N) is 1. The van der Waals surface area contributed by atoms with Crippen molar-refractivity contribution in [2.75, 3.05) is 24.7 Å². The van der Waals surface area contributed by atoms with Crippen molar-refractivity contribution >= 4 is 41.9 Å². The number of ether oxygens (including phenoxy) is 3. The Kier molecular flexibility index (Phi) is 6.31. The average molecular weight is 590 g/mol. The number of imidazole rings is 2. The fourth-order valence-corrected chi connectivity index (χ4v) is 6.76. The van der Waals surface area contributed by atoms with Gasteiger partial charge in [-0.3, -0.25) is 28.0 Å². The summed E-state index contributed by atoms with van der Waals surface area (Å²) in [6.45, 7) is 2.10. The number of hydrogen-bond acceptors (Lipinski definition) is 14. The molecule has 41 heavy (non-hydrogen) atoms. The van der Waals surface area contributed by atoms with E-state index in [9.17, 15) is 14.3 Å². The van der Waals surface area contributed by atoms with Gasteiger partial charge in [0.25, 0.3) is 5.56 Å². The first-order chi connectivity index (χ1) is 19.7. The van der Waals surface area contributed by atoms with Crippen LogP contribution < -0.4 is 17.0 Å². The molecule has 3 fully saturated rings. The van der Waals surface area contributed by atoms with Crippen LogP contribution in [0.4, 0.5) is 11.8 Å². The Morgan fingerprint density at radius 2 is 1.83 bits per heavy atom. The standard InChI is InChI=1S/C22H27N10O8P/c1-9-10-2-3-36-13-4-11(21(39-13)32-8-28-15-18(32)29-22(24)30-19(15)33)40-41(34,35)37-5-12(10)38-20(9)31-7-27-14-16(23)25-6-26-17(14)31/h6-13,20-21H,2-5H2,1H3,(H,34,35)(H2,23,25,26)(H3,24,29,30,33)/t9-,10-,11+,12+,13?,20+,21+/m0/s1. The van der Waals surface area contributed by atoms with Crippen molar-refractivity contribution in [1.29, 1.82) is 0 Å². The topological polar surface area (TPSA) is 243 Å². The van der Waals surface area contributed by atoms with Gasteiger partial charge in [-0.05, 0) is 12.3 Å². The zero-order valence-electron chi connectivity index (χ0n) is 21.6. The molecule has 218 valence electrons. The minimum atomic E-state index is -4.62. The van der Waals surface area contributed by atoms with E-state index in [-0.39, 0.29) is 47.8 Å². The van der Waals surface area contributed by atoms with Gasteiger partial charge in [-0.1, -0.05) is 6.92 Å². The van der Waals surface area contributed by atoms with Gasteiger partial charge in [-0.15, -0.1) is 0 Å². The molecule has 7 rings (SSSR count). The van der Waals surface area contributed by atoms with Gasteiger partial charge in [0.1, 0.15) is 24.2 Å². The lowest BCUT2D eigenvalue weighted by molar-refractivity contribution is -0.155. The van der Waals surface area contributed by atoms with Crippen LogP contribution in [-0.2, 0) is 27.8 Å². The van der Waals surface area contributed by atoms with Crippen LogP contribution in [0.15, 0.2) is 23.8 Å². The van der Waals surface area contributed by atoms with Crippen molar-refractivity contribution in [1.82, 2.24) is 39.0 Å². The number of nitrogens with zero attached hydrogens (tertiary/aromatic N) is 7. The normalized spacial score (nSPS) is 34.4. The summed E-state index contributed by atoms with van der Waals surface area (Å²) in [5.74, 6) is -0.0718. The highest BCUT2D eigenvalue weighted by atomic mass is 31.2. The molecule has 8 atom stereocenters. The van der Waals surface area contributed by atoms with Crippen molar-refractivity contribution in [2.45, 2.75) is 50.7 Å². The van der Waals surface area contributed by atoms with Gasteiger partial charge in [-0.2, -0.15) is 4.98 Å². The monoisotopic (exact) mass is 590 g/mol. The summed E-state index contributed by atoms with van der Waals surface area (Å²) in [7, 11) is -4.62. The summed E-state index contributed by atoms with van der Waals surface area (Å²) in [5, 5.41) is 0. The van der Waals surface area contributed by atoms with Crippen LogP contribution >= 0.6 is 7.82 Å². The predicted octanol–water partition coefficient (Wildman–Crippen LogP) is 0.441. The molecule has 18 nitrogen and oxygen atoms in total. The summed E-state index contributed by atoms with van der Waals surface area (Å²) in [4.78, 5) is 46.2. The second kappa shape index (κ2) is 9.80. The van der Waals surface area contributed by atoms with Crippen LogP contribution in [0.2, 0.25) is 0 Å². The van der Waals surface area contributed by atoms with Crippen molar-refractivity contribution in [3.63, 3.8) is 0 Å². The number of phosphoric ester groups is 1. The van der Waals surface area contributed by atoms with E-state index in [2.05, 4.69) is 29.9 Å². The molecule has 0 saturated carbocycles. The Balaban J connectivity index is 1.15. The third-order valence-corrected chi connectivity index (χ3v) is 8.77. The van der Waals surface area contributed by atoms with E-state index in [1.807, 2.05) is 6.92 Å². The fourth-order valence-electron chi connectivity index (χ4n) is 5.83. The minimum Gasteiger partial charge on any atom is -0.382 e. The van der Waals surface area contributed by atoms with Crippen molar-refractivity contribution < 1.29 is 32.7 Å². The van der Waals surface area contributed by atoms with E-state index in [1.54, 1.807) is 10.9 Å². The van der Waals surface area contributed by atoms with E-state index in [1.165, 1.54) is 17.2 Å². The molecule has 4 aromatic rings. The molecule has 3 aliphatic heterocycles. The van der Waals surface area contributed by atoms with E-state index in [4.69, 9.17) is 34.7 Å². The van der Waals surface area contributed by atoms with E-state index >= 15 is 0 Å². The summed E-state index contributed by atoms with van der Waals surface area (Å²) in [6.07, 6.45) is 1.09. The van der Waals surface area contributed by atoms with E-state index in [0.717, 1.165) is 0 Å². The molecule has 3 saturated heterocycles. The number of phosphoric acid groups is 1. The number of nitrogen functional groups attached to an aromatic ring is 2. The Morgan fingerprint density at radius 1 is 1.05 bits per heavy atom. The largest absolute Gasteiger partial charge is 0.472 e. The molecule has 0 amide bonds. The molecule has 7 heterocycles. The quantitative estimate of drug-likeness (QED) is 0.231. The minimum absolute atomic E-state index is 0.0283. The lowest BCUT2D eigenvalue weighted by Crippen LogP contribution is -2.27. The lowest BCUT2D eigenvalue weighted by Gasteiger charge is -2.24. The molecule has 19 heteroatoms. The van der Waals surface area contributed by atoms with Crippen LogP contribution in [0, 0.1) is 11.8 Å². The highest BCUT2D eigenvalue weighted by Crippen LogP contribution is 2.51. The molecule has 2 unspecified atom stereocenters. The summed E-state index contributed by atoms with van der Waals surface area (Å²) in [6, 6.07) is 0. The molecule has 3 aliphatic rings. The first-order valence-corrected chi connectivity index (χ1v) is 14.4. The van der Waals surface area contributed by atoms with Crippen LogP contribution in [-0.4, -0.2) is 75.6 Å². The van der Waals surface area contributed by atoms with Crippen molar-refractivity contribution in [2.24, 2.45) is 11.8 Å². The number of H-pyrrole nitrogens is 1. The molecular weight excluding hydrogens is 563 g/mol. The maximum absolute atomic E-state index is 13.1. The van der Waals surface area contributed by atoms with E-state index < -0.39 is 44.3 Å². The van der Waals surface area contributed by atoms with Gasteiger partial charge in [0.2, 0.25) is 5.95 Å². The number of hydrogen-bond donors (Lipinski definition) is 4. The summed E-state index contributed by atoms with van der Waals surface area (Å²) >= 11 is 0. The first-order valence-electron chi connectivity index (χ1n) is 12.9. The van der Waals surface area contributed by atoms with Gasteiger partial charge in [0.05, 0.1) is 32.0 Å². The average Bonchev–Trinajstić information content (AvgIpc) is 3.68. The van der Waals surface area contributed by atoms with Gasteiger partial charge < -0.3 is 30.6 Å². The zero-order valence-corrected chi connectivity index (χ0v) is 22.5. The Labute approximate surface area is 230 Å². The maximum Gasteiger partial charge on any atom is 0.472 e. The number of rotatable bonds is 2. The molecule has 0 spiro atoms. The Bertz CT molecular complexity index is 1730. The lowest BCUT2D eigenvalue weighted by atomic mass is 9.88.